The average Bonchev–Trinajstić information content (AvgIpc) is 2.83. The molecular formula is C16H20N2O. The van der Waals surface area contributed by atoms with Crippen molar-refractivity contribution in [1.29, 1.82) is 0 Å². The molecule has 1 amide bonds. The van der Waals surface area contributed by atoms with Crippen LogP contribution >= 0.6 is 0 Å². The van der Waals surface area contributed by atoms with E-state index < -0.39 is 0 Å². The van der Waals surface area contributed by atoms with Gasteiger partial charge in [-0.2, -0.15) is 0 Å². The minimum absolute atomic E-state index is 0.0828. The number of nitrogens with zero attached hydrogens (tertiary/aromatic N) is 2. The monoisotopic (exact) mass is 256 g/mol. The standard InChI is InChI=1S/C16H20N2O/c1-13(2)18(11-14-7-5-4-6-8-14)16(19)15-9-10-17(3)12-15/h4-10,12-13H,11H2,1-3H3. The lowest BCUT2D eigenvalue weighted by molar-refractivity contribution is 0.0690. The molecule has 0 aliphatic heterocycles. The van der Waals surface area contributed by atoms with Crippen molar-refractivity contribution in [2.75, 3.05) is 0 Å². The van der Waals surface area contributed by atoms with Crippen molar-refractivity contribution in [2.24, 2.45) is 7.05 Å². The summed E-state index contributed by atoms with van der Waals surface area (Å²) in [6, 6.07) is 12.1. The zero-order valence-corrected chi connectivity index (χ0v) is 11.7. The average molecular weight is 256 g/mol. The second-order valence-electron chi connectivity index (χ2n) is 5.08. The van der Waals surface area contributed by atoms with Crippen LogP contribution in [-0.2, 0) is 13.6 Å². The Labute approximate surface area is 114 Å². The van der Waals surface area contributed by atoms with Gasteiger partial charge in [-0.25, -0.2) is 0 Å². The van der Waals surface area contributed by atoms with Crippen LogP contribution in [0.25, 0.3) is 0 Å². The van der Waals surface area contributed by atoms with Gasteiger partial charge in [0.1, 0.15) is 0 Å². The Kier molecular flexibility index (Phi) is 4.05. The molecule has 19 heavy (non-hydrogen) atoms. The predicted molar refractivity (Wildman–Crippen MR) is 76.9 cm³/mol. The molecule has 2 aromatic rings. The second-order valence-corrected chi connectivity index (χ2v) is 5.08. The van der Waals surface area contributed by atoms with E-state index in [0.717, 1.165) is 11.1 Å². The molecular weight excluding hydrogens is 236 g/mol. The quantitative estimate of drug-likeness (QED) is 0.825. The van der Waals surface area contributed by atoms with E-state index in [1.165, 1.54) is 0 Å². The van der Waals surface area contributed by atoms with Gasteiger partial charge in [0, 0.05) is 32.0 Å². The molecule has 1 aromatic heterocycles. The number of rotatable bonds is 4. The number of aryl methyl sites for hydroxylation is 1. The van der Waals surface area contributed by atoms with E-state index >= 15 is 0 Å². The highest BCUT2D eigenvalue weighted by Gasteiger charge is 2.19. The first-order chi connectivity index (χ1) is 9.08. The normalized spacial score (nSPS) is 10.7. The van der Waals surface area contributed by atoms with Crippen molar-refractivity contribution in [2.45, 2.75) is 26.4 Å². The van der Waals surface area contributed by atoms with Crippen molar-refractivity contribution in [3.63, 3.8) is 0 Å². The molecule has 0 atom stereocenters. The Morgan fingerprint density at radius 3 is 2.42 bits per heavy atom. The highest BCUT2D eigenvalue weighted by Crippen LogP contribution is 2.13. The van der Waals surface area contributed by atoms with Crippen LogP contribution in [0.3, 0.4) is 0 Å². The first-order valence-corrected chi connectivity index (χ1v) is 6.55. The number of benzene rings is 1. The summed E-state index contributed by atoms with van der Waals surface area (Å²) in [5.74, 6) is 0.0828. The highest BCUT2D eigenvalue weighted by molar-refractivity contribution is 5.94. The van der Waals surface area contributed by atoms with Crippen molar-refractivity contribution in [3.8, 4) is 0 Å². The molecule has 2 rings (SSSR count). The molecule has 0 aliphatic rings. The molecule has 0 bridgehead atoms. The van der Waals surface area contributed by atoms with Gasteiger partial charge in [0.25, 0.3) is 5.91 Å². The topological polar surface area (TPSA) is 25.2 Å². The molecule has 0 N–H and O–H groups in total. The minimum atomic E-state index is 0.0828. The van der Waals surface area contributed by atoms with Crippen molar-refractivity contribution >= 4 is 5.91 Å². The Hall–Kier alpha value is -2.03. The molecule has 3 nitrogen and oxygen atoms in total. The lowest BCUT2D eigenvalue weighted by Crippen LogP contribution is -2.36. The van der Waals surface area contributed by atoms with Crippen LogP contribution in [0.1, 0.15) is 29.8 Å². The molecule has 0 aliphatic carbocycles. The van der Waals surface area contributed by atoms with Gasteiger partial charge < -0.3 is 9.47 Å². The van der Waals surface area contributed by atoms with E-state index in [-0.39, 0.29) is 11.9 Å². The third kappa shape index (κ3) is 3.25. The zero-order valence-electron chi connectivity index (χ0n) is 11.7. The number of carbonyl (C=O) groups excluding carboxylic acids is 1. The summed E-state index contributed by atoms with van der Waals surface area (Å²) in [6.07, 6.45) is 3.76. The molecule has 0 saturated heterocycles. The maximum Gasteiger partial charge on any atom is 0.255 e. The van der Waals surface area contributed by atoms with Crippen LogP contribution in [-0.4, -0.2) is 21.4 Å². The Morgan fingerprint density at radius 2 is 1.89 bits per heavy atom. The Bertz CT molecular complexity index is 543. The minimum Gasteiger partial charge on any atom is -0.356 e. The van der Waals surface area contributed by atoms with E-state index in [2.05, 4.69) is 0 Å². The molecule has 0 radical (unpaired) electrons. The van der Waals surface area contributed by atoms with Gasteiger partial charge in [-0.15, -0.1) is 0 Å². The van der Waals surface area contributed by atoms with Crippen LogP contribution in [0.4, 0.5) is 0 Å². The molecule has 1 heterocycles. The van der Waals surface area contributed by atoms with Crippen molar-refractivity contribution in [3.05, 3.63) is 59.9 Å². The first kappa shape index (κ1) is 13.4. The molecule has 100 valence electrons. The van der Waals surface area contributed by atoms with E-state index in [4.69, 9.17) is 0 Å². The lowest BCUT2D eigenvalue weighted by atomic mass is 10.1. The smallest absolute Gasteiger partial charge is 0.255 e. The summed E-state index contributed by atoms with van der Waals surface area (Å²) < 4.78 is 1.90. The van der Waals surface area contributed by atoms with E-state index in [1.54, 1.807) is 0 Å². The zero-order chi connectivity index (χ0) is 13.8. The van der Waals surface area contributed by atoms with Crippen LogP contribution in [0.5, 0.6) is 0 Å². The summed E-state index contributed by atoms with van der Waals surface area (Å²) in [4.78, 5) is 14.4. The number of amides is 1. The largest absolute Gasteiger partial charge is 0.356 e. The third-order valence-corrected chi connectivity index (χ3v) is 3.16. The summed E-state index contributed by atoms with van der Waals surface area (Å²) in [5, 5.41) is 0. The number of hydrogen-bond donors (Lipinski definition) is 0. The van der Waals surface area contributed by atoms with Gasteiger partial charge >= 0.3 is 0 Å². The van der Waals surface area contributed by atoms with Crippen LogP contribution in [0.2, 0.25) is 0 Å². The van der Waals surface area contributed by atoms with Crippen molar-refractivity contribution in [1.82, 2.24) is 9.47 Å². The number of aromatic nitrogens is 1. The fourth-order valence-corrected chi connectivity index (χ4v) is 2.06. The maximum atomic E-state index is 12.5. The first-order valence-electron chi connectivity index (χ1n) is 6.55. The fourth-order valence-electron chi connectivity index (χ4n) is 2.06. The Balaban J connectivity index is 2.19. The van der Waals surface area contributed by atoms with Gasteiger partial charge in [0.05, 0.1) is 5.56 Å². The SMILES string of the molecule is CC(C)N(Cc1ccccc1)C(=O)c1ccn(C)c1. The summed E-state index contributed by atoms with van der Waals surface area (Å²) in [6.45, 7) is 4.74. The van der Waals surface area contributed by atoms with E-state index in [9.17, 15) is 4.79 Å². The van der Waals surface area contributed by atoms with Crippen LogP contribution < -0.4 is 0 Å². The summed E-state index contributed by atoms with van der Waals surface area (Å²) >= 11 is 0. The second kappa shape index (κ2) is 5.74. The fraction of sp³-hybridized carbons (Fsp3) is 0.312. The van der Waals surface area contributed by atoms with Crippen molar-refractivity contribution < 1.29 is 4.79 Å². The highest BCUT2D eigenvalue weighted by atomic mass is 16.2. The molecule has 1 aromatic carbocycles. The molecule has 3 heteroatoms. The van der Waals surface area contributed by atoms with Gasteiger partial charge in [-0.05, 0) is 25.5 Å². The van der Waals surface area contributed by atoms with Crippen LogP contribution in [0.15, 0.2) is 48.8 Å². The summed E-state index contributed by atoms with van der Waals surface area (Å²) in [7, 11) is 1.92. The number of hydrogen-bond acceptors (Lipinski definition) is 1. The van der Waals surface area contributed by atoms with Crippen LogP contribution in [0, 0.1) is 0 Å². The molecule has 0 saturated carbocycles. The lowest BCUT2D eigenvalue weighted by Gasteiger charge is -2.26. The summed E-state index contributed by atoms with van der Waals surface area (Å²) in [5.41, 5.74) is 1.90. The van der Waals surface area contributed by atoms with E-state index in [0.29, 0.717) is 6.54 Å². The third-order valence-electron chi connectivity index (χ3n) is 3.16. The molecule has 0 unspecified atom stereocenters. The number of carbonyl (C=O) groups is 1. The van der Waals surface area contributed by atoms with Gasteiger partial charge in [-0.3, -0.25) is 4.79 Å². The van der Waals surface area contributed by atoms with Gasteiger partial charge in [0.15, 0.2) is 0 Å². The van der Waals surface area contributed by atoms with E-state index in [1.807, 2.05) is 79.2 Å². The predicted octanol–water partition coefficient (Wildman–Crippen LogP) is 3.08. The molecule has 0 spiro atoms. The van der Waals surface area contributed by atoms with Gasteiger partial charge in [-0.1, -0.05) is 30.3 Å². The maximum absolute atomic E-state index is 12.5. The van der Waals surface area contributed by atoms with Gasteiger partial charge in [0.2, 0.25) is 0 Å². The molecule has 0 fully saturated rings. The Morgan fingerprint density at radius 1 is 1.21 bits per heavy atom.